The standard InChI is InChI=1S/C24H27N3O2/c1-16-9-10-20(13-17(16)2)21-14-22(18-7-5-4-6-8-18)27(25-21)23(28)15-26(3)24(29)19-11-12-19/h4-10,13,19,22H,11-12,14-15H2,1-3H3. The van der Waals surface area contributed by atoms with Crippen LogP contribution in [0.25, 0.3) is 0 Å². The molecule has 1 fully saturated rings. The molecule has 2 aliphatic rings. The lowest BCUT2D eigenvalue weighted by Gasteiger charge is -2.25. The van der Waals surface area contributed by atoms with Crippen LogP contribution >= 0.6 is 0 Å². The van der Waals surface area contributed by atoms with Crippen LogP contribution < -0.4 is 0 Å². The van der Waals surface area contributed by atoms with E-state index in [1.54, 1.807) is 17.0 Å². The zero-order valence-electron chi connectivity index (χ0n) is 17.3. The second-order valence-electron chi connectivity index (χ2n) is 8.18. The summed E-state index contributed by atoms with van der Waals surface area (Å²) in [6, 6.07) is 16.1. The van der Waals surface area contributed by atoms with Crippen molar-refractivity contribution in [3.63, 3.8) is 0 Å². The minimum absolute atomic E-state index is 0.0579. The van der Waals surface area contributed by atoms with Gasteiger partial charge in [0.05, 0.1) is 11.8 Å². The smallest absolute Gasteiger partial charge is 0.262 e. The first-order valence-electron chi connectivity index (χ1n) is 10.2. The average molecular weight is 389 g/mol. The molecule has 1 aliphatic carbocycles. The Morgan fingerprint density at radius 1 is 1.07 bits per heavy atom. The van der Waals surface area contributed by atoms with Crippen molar-refractivity contribution in [3.8, 4) is 0 Å². The first-order chi connectivity index (χ1) is 13.9. The van der Waals surface area contributed by atoms with E-state index in [2.05, 4.69) is 32.0 Å². The van der Waals surface area contributed by atoms with Crippen LogP contribution in [0.1, 0.15) is 47.6 Å². The maximum absolute atomic E-state index is 13.1. The Morgan fingerprint density at radius 3 is 2.45 bits per heavy atom. The highest BCUT2D eigenvalue weighted by molar-refractivity contribution is 6.03. The predicted molar refractivity (Wildman–Crippen MR) is 113 cm³/mol. The molecule has 1 aliphatic heterocycles. The highest BCUT2D eigenvalue weighted by Crippen LogP contribution is 2.34. The van der Waals surface area contributed by atoms with Gasteiger partial charge in [0.1, 0.15) is 6.54 Å². The van der Waals surface area contributed by atoms with Crippen LogP contribution in [0.2, 0.25) is 0 Å². The lowest BCUT2D eigenvalue weighted by molar-refractivity contribution is -0.141. The zero-order valence-corrected chi connectivity index (χ0v) is 17.3. The molecule has 1 atom stereocenters. The molecule has 150 valence electrons. The van der Waals surface area contributed by atoms with Crippen molar-refractivity contribution in [2.75, 3.05) is 13.6 Å². The summed E-state index contributed by atoms with van der Waals surface area (Å²) in [4.78, 5) is 26.9. The summed E-state index contributed by atoms with van der Waals surface area (Å²) in [5, 5.41) is 6.30. The molecule has 5 heteroatoms. The van der Waals surface area contributed by atoms with Gasteiger partial charge in [-0.2, -0.15) is 5.10 Å². The molecule has 1 unspecified atom stereocenters. The average Bonchev–Trinajstić information content (AvgIpc) is 3.47. The summed E-state index contributed by atoms with van der Waals surface area (Å²) in [5.74, 6) is 0.0206. The van der Waals surface area contributed by atoms with Crippen LogP contribution in [-0.2, 0) is 9.59 Å². The molecule has 2 aromatic rings. The van der Waals surface area contributed by atoms with E-state index in [1.807, 2.05) is 30.3 Å². The molecule has 0 radical (unpaired) electrons. The van der Waals surface area contributed by atoms with Crippen molar-refractivity contribution in [2.24, 2.45) is 11.0 Å². The first kappa shape index (κ1) is 19.4. The van der Waals surface area contributed by atoms with Crippen molar-refractivity contribution >= 4 is 17.5 Å². The van der Waals surface area contributed by atoms with Crippen LogP contribution in [0, 0.1) is 19.8 Å². The monoisotopic (exact) mass is 389 g/mol. The third-order valence-electron chi connectivity index (χ3n) is 5.87. The summed E-state index contributed by atoms with van der Waals surface area (Å²) in [7, 11) is 1.71. The largest absolute Gasteiger partial charge is 0.336 e. The lowest BCUT2D eigenvalue weighted by atomic mass is 9.96. The summed E-state index contributed by atoms with van der Waals surface area (Å²) in [5.41, 5.74) is 5.46. The molecule has 0 spiro atoms. The number of amides is 2. The fourth-order valence-corrected chi connectivity index (χ4v) is 3.77. The topological polar surface area (TPSA) is 53.0 Å². The number of benzene rings is 2. The third kappa shape index (κ3) is 4.09. The SMILES string of the molecule is Cc1ccc(C2=NN(C(=O)CN(C)C(=O)C3CC3)C(c3ccccc3)C2)cc1C. The Labute approximate surface area is 172 Å². The molecule has 2 aromatic carbocycles. The van der Waals surface area contributed by atoms with Gasteiger partial charge in [0.25, 0.3) is 5.91 Å². The van der Waals surface area contributed by atoms with Gasteiger partial charge in [-0.15, -0.1) is 0 Å². The van der Waals surface area contributed by atoms with Crippen LogP contribution in [0.15, 0.2) is 53.6 Å². The molecule has 4 rings (SSSR count). The Morgan fingerprint density at radius 2 is 1.79 bits per heavy atom. The van der Waals surface area contributed by atoms with Gasteiger partial charge in [-0.1, -0.05) is 42.5 Å². The van der Waals surface area contributed by atoms with Gasteiger partial charge in [0.2, 0.25) is 5.91 Å². The van der Waals surface area contributed by atoms with Crippen LogP contribution in [-0.4, -0.2) is 41.0 Å². The number of hydrazone groups is 1. The van der Waals surface area contributed by atoms with Gasteiger partial charge in [-0.05, 0) is 55.0 Å². The van der Waals surface area contributed by atoms with Crippen molar-refractivity contribution in [1.82, 2.24) is 9.91 Å². The Balaban J connectivity index is 1.60. The normalized spacial score (nSPS) is 18.5. The fraction of sp³-hybridized carbons (Fsp3) is 0.375. The highest BCUT2D eigenvalue weighted by atomic mass is 16.2. The van der Waals surface area contributed by atoms with Crippen LogP contribution in [0.3, 0.4) is 0 Å². The molecule has 0 N–H and O–H groups in total. The molecule has 2 amide bonds. The van der Waals surface area contributed by atoms with Crippen molar-refractivity contribution < 1.29 is 9.59 Å². The number of carbonyl (C=O) groups is 2. The third-order valence-corrected chi connectivity index (χ3v) is 5.87. The lowest BCUT2D eigenvalue weighted by Crippen LogP contribution is -2.39. The minimum Gasteiger partial charge on any atom is -0.336 e. The first-order valence-corrected chi connectivity index (χ1v) is 10.2. The summed E-state index contributed by atoms with van der Waals surface area (Å²) >= 11 is 0. The number of hydrogen-bond donors (Lipinski definition) is 0. The molecule has 5 nitrogen and oxygen atoms in total. The summed E-state index contributed by atoms with van der Waals surface area (Å²) < 4.78 is 0. The van der Waals surface area contributed by atoms with Gasteiger partial charge in [0, 0.05) is 19.4 Å². The quantitative estimate of drug-likeness (QED) is 0.780. The Bertz CT molecular complexity index is 963. The van der Waals surface area contributed by atoms with E-state index in [-0.39, 0.29) is 30.3 Å². The Hall–Kier alpha value is -2.95. The number of nitrogens with zero attached hydrogens (tertiary/aromatic N) is 3. The van der Waals surface area contributed by atoms with E-state index in [1.165, 1.54) is 11.1 Å². The summed E-state index contributed by atoms with van der Waals surface area (Å²) in [6.07, 6.45) is 2.53. The van der Waals surface area contributed by atoms with Crippen molar-refractivity contribution in [3.05, 3.63) is 70.8 Å². The van der Waals surface area contributed by atoms with Crippen LogP contribution in [0.4, 0.5) is 0 Å². The number of carbonyl (C=O) groups excluding carboxylic acids is 2. The molecule has 29 heavy (non-hydrogen) atoms. The maximum atomic E-state index is 13.1. The van der Waals surface area contributed by atoms with E-state index >= 15 is 0 Å². The molecule has 0 aromatic heterocycles. The number of aryl methyl sites for hydroxylation is 2. The van der Waals surface area contributed by atoms with Crippen LogP contribution in [0.5, 0.6) is 0 Å². The van der Waals surface area contributed by atoms with Gasteiger partial charge < -0.3 is 4.90 Å². The number of hydrogen-bond acceptors (Lipinski definition) is 3. The minimum atomic E-state index is -0.148. The van der Waals surface area contributed by atoms with E-state index in [4.69, 9.17) is 5.10 Å². The Kier molecular flexibility index (Phi) is 5.22. The fourth-order valence-electron chi connectivity index (χ4n) is 3.77. The summed E-state index contributed by atoms with van der Waals surface area (Å²) in [6.45, 7) is 4.23. The molecule has 0 bridgehead atoms. The van der Waals surface area contributed by atoms with E-state index < -0.39 is 0 Å². The predicted octanol–water partition coefficient (Wildman–Crippen LogP) is 3.85. The second kappa shape index (κ2) is 7.82. The van der Waals surface area contributed by atoms with Crippen molar-refractivity contribution in [1.29, 1.82) is 0 Å². The van der Waals surface area contributed by atoms with Gasteiger partial charge in [-0.25, -0.2) is 5.01 Å². The van der Waals surface area contributed by atoms with E-state index in [0.29, 0.717) is 6.42 Å². The molecular formula is C24H27N3O2. The van der Waals surface area contributed by atoms with Gasteiger partial charge >= 0.3 is 0 Å². The molecular weight excluding hydrogens is 362 g/mol. The number of rotatable bonds is 5. The maximum Gasteiger partial charge on any atom is 0.262 e. The zero-order chi connectivity index (χ0) is 20.5. The van der Waals surface area contributed by atoms with Gasteiger partial charge in [-0.3, -0.25) is 9.59 Å². The molecule has 1 heterocycles. The highest BCUT2D eigenvalue weighted by Gasteiger charge is 2.36. The van der Waals surface area contributed by atoms with Crippen molar-refractivity contribution in [2.45, 2.75) is 39.2 Å². The second-order valence-corrected chi connectivity index (χ2v) is 8.18. The number of likely N-dealkylation sites (N-methyl/N-ethyl adjacent to an activating group) is 1. The molecule has 0 saturated heterocycles. The van der Waals surface area contributed by atoms with Gasteiger partial charge in [0.15, 0.2) is 0 Å². The molecule has 1 saturated carbocycles. The van der Waals surface area contributed by atoms with E-state index in [0.717, 1.165) is 29.7 Å². The van der Waals surface area contributed by atoms with E-state index in [9.17, 15) is 9.59 Å².